The Labute approximate surface area is 132 Å². The number of nitrogens with two attached hydrogens (primary N) is 1. The third kappa shape index (κ3) is 3.06. The highest BCUT2D eigenvalue weighted by Crippen LogP contribution is 2.18. The lowest BCUT2D eigenvalue weighted by molar-refractivity contribution is 0.0996. The molecule has 1 aromatic carbocycles. The minimum Gasteiger partial charge on any atom is -0.486 e. The molecule has 0 spiro atoms. The van der Waals surface area contributed by atoms with Crippen LogP contribution in [0.4, 0.5) is 0 Å². The SMILES string of the molecule is Cc1ccn2c(=O)cc(COc3ccccc3C(N)=O)nc2c1. The van der Waals surface area contributed by atoms with Crippen LogP contribution >= 0.6 is 0 Å². The number of ether oxygens (including phenoxy) is 1. The van der Waals surface area contributed by atoms with E-state index in [9.17, 15) is 9.59 Å². The first-order chi connectivity index (χ1) is 11.0. The molecular weight excluding hydrogens is 294 g/mol. The fraction of sp³-hybridized carbons (Fsp3) is 0.118. The lowest BCUT2D eigenvalue weighted by Gasteiger charge is -2.09. The topological polar surface area (TPSA) is 86.7 Å². The van der Waals surface area contributed by atoms with E-state index in [1.54, 1.807) is 30.5 Å². The average molecular weight is 309 g/mol. The fourth-order valence-corrected chi connectivity index (χ4v) is 2.28. The van der Waals surface area contributed by atoms with E-state index in [1.807, 2.05) is 19.1 Å². The summed E-state index contributed by atoms with van der Waals surface area (Å²) >= 11 is 0. The minimum atomic E-state index is -0.567. The molecule has 0 saturated carbocycles. The summed E-state index contributed by atoms with van der Waals surface area (Å²) in [6.07, 6.45) is 1.69. The van der Waals surface area contributed by atoms with E-state index in [0.29, 0.717) is 22.7 Å². The van der Waals surface area contributed by atoms with E-state index in [0.717, 1.165) is 5.56 Å². The molecule has 3 rings (SSSR count). The molecule has 0 aliphatic rings. The van der Waals surface area contributed by atoms with Gasteiger partial charge in [0.15, 0.2) is 0 Å². The van der Waals surface area contributed by atoms with E-state index in [4.69, 9.17) is 10.5 Å². The second-order valence-corrected chi connectivity index (χ2v) is 5.17. The van der Waals surface area contributed by atoms with Gasteiger partial charge in [-0.1, -0.05) is 12.1 Å². The molecule has 1 amide bonds. The molecule has 23 heavy (non-hydrogen) atoms. The fourth-order valence-electron chi connectivity index (χ4n) is 2.28. The number of rotatable bonds is 4. The molecule has 2 aromatic heterocycles. The molecule has 0 saturated heterocycles. The van der Waals surface area contributed by atoms with Gasteiger partial charge in [-0.3, -0.25) is 14.0 Å². The largest absolute Gasteiger partial charge is 0.486 e. The van der Waals surface area contributed by atoms with Gasteiger partial charge in [0.05, 0.1) is 11.3 Å². The Bertz CT molecular complexity index is 947. The predicted molar refractivity (Wildman–Crippen MR) is 85.5 cm³/mol. The van der Waals surface area contributed by atoms with Crippen molar-refractivity contribution in [2.75, 3.05) is 0 Å². The molecule has 6 nitrogen and oxygen atoms in total. The number of benzene rings is 1. The number of carbonyl (C=O) groups is 1. The van der Waals surface area contributed by atoms with Crippen LogP contribution < -0.4 is 16.0 Å². The molecule has 2 heterocycles. The molecule has 6 heteroatoms. The molecule has 3 aromatic rings. The zero-order chi connectivity index (χ0) is 16.4. The molecule has 0 aliphatic carbocycles. The lowest BCUT2D eigenvalue weighted by atomic mass is 10.2. The second kappa shape index (κ2) is 5.92. The minimum absolute atomic E-state index is 0.0734. The Morgan fingerprint density at radius 1 is 1.26 bits per heavy atom. The lowest BCUT2D eigenvalue weighted by Crippen LogP contribution is -2.17. The molecule has 0 fully saturated rings. The van der Waals surface area contributed by atoms with Crippen LogP contribution in [0.15, 0.2) is 53.5 Å². The van der Waals surface area contributed by atoms with Crippen molar-refractivity contribution < 1.29 is 9.53 Å². The smallest absolute Gasteiger partial charge is 0.258 e. The van der Waals surface area contributed by atoms with E-state index < -0.39 is 5.91 Å². The number of amides is 1. The molecule has 2 N–H and O–H groups in total. The van der Waals surface area contributed by atoms with E-state index >= 15 is 0 Å². The van der Waals surface area contributed by atoms with E-state index in [1.165, 1.54) is 10.5 Å². The van der Waals surface area contributed by atoms with Crippen LogP contribution in [0.2, 0.25) is 0 Å². The maximum atomic E-state index is 12.1. The Hall–Kier alpha value is -3.15. The number of hydrogen-bond acceptors (Lipinski definition) is 4. The number of fused-ring (bicyclic) bond motifs is 1. The number of hydrogen-bond donors (Lipinski definition) is 1. The van der Waals surface area contributed by atoms with Gasteiger partial charge in [0.1, 0.15) is 18.0 Å². The summed E-state index contributed by atoms with van der Waals surface area (Å²) in [4.78, 5) is 27.9. The summed E-state index contributed by atoms with van der Waals surface area (Å²) in [7, 11) is 0. The maximum absolute atomic E-state index is 12.1. The van der Waals surface area contributed by atoms with E-state index in [-0.39, 0.29) is 12.2 Å². The number of para-hydroxylation sites is 1. The first-order valence-electron chi connectivity index (χ1n) is 7.05. The predicted octanol–water partition coefficient (Wildman–Crippen LogP) is 1.68. The van der Waals surface area contributed by atoms with Crippen LogP contribution in [0.25, 0.3) is 5.65 Å². The van der Waals surface area contributed by atoms with Crippen LogP contribution in [0, 0.1) is 6.92 Å². The Balaban J connectivity index is 1.91. The normalized spacial score (nSPS) is 10.7. The summed E-state index contributed by atoms with van der Waals surface area (Å²) in [6, 6.07) is 11.8. The van der Waals surface area contributed by atoms with Crippen LogP contribution in [-0.4, -0.2) is 15.3 Å². The highest BCUT2D eigenvalue weighted by atomic mass is 16.5. The van der Waals surface area contributed by atoms with Gasteiger partial charge in [0, 0.05) is 12.3 Å². The van der Waals surface area contributed by atoms with Crippen molar-refractivity contribution in [2.24, 2.45) is 5.73 Å². The van der Waals surface area contributed by atoms with Crippen LogP contribution in [0.1, 0.15) is 21.6 Å². The first kappa shape index (κ1) is 14.8. The monoisotopic (exact) mass is 309 g/mol. The summed E-state index contributed by atoms with van der Waals surface area (Å²) in [5.74, 6) is -0.200. The number of nitrogens with zero attached hydrogens (tertiary/aromatic N) is 2. The van der Waals surface area contributed by atoms with Crippen molar-refractivity contribution >= 4 is 11.6 Å². The highest BCUT2D eigenvalue weighted by molar-refractivity contribution is 5.95. The molecular formula is C17H15N3O3. The van der Waals surface area contributed by atoms with Crippen molar-refractivity contribution in [3.8, 4) is 5.75 Å². The van der Waals surface area contributed by atoms with Crippen molar-refractivity contribution in [3.05, 3.63) is 75.8 Å². The molecule has 0 radical (unpaired) electrons. The summed E-state index contributed by atoms with van der Waals surface area (Å²) in [6.45, 7) is 2.00. The van der Waals surface area contributed by atoms with Gasteiger partial charge in [0.2, 0.25) is 0 Å². The molecule has 116 valence electrons. The van der Waals surface area contributed by atoms with Gasteiger partial charge in [-0.2, -0.15) is 0 Å². The van der Waals surface area contributed by atoms with Gasteiger partial charge in [-0.05, 0) is 36.8 Å². The number of primary amides is 1. The number of aromatic nitrogens is 2. The van der Waals surface area contributed by atoms with Gasteiger partial charge < -0.3 is 10.5 Å². The van der Waals surface area contributed by atoms with E-state index in [2.05, 4.69) is 4.98 Å². The average Bonchev–Trinajstić information content (AvgIpc) is 2.52. The van der Waals surface area contributed by atoms with Crippen molar-refractivity contribution in [1.29, 1.82) is 0 Å². The molecule has 0 bridgehead atoms. The summed E-state index contributed by atoms with van der Waals surface area (Å²) < 4.78 is 7.07. The maximum Gasteiger partial charge on any atom is 0.258 e. The van der Waals surface area contributed by atoms with Crippen molar-refractivity contribution in [1.82, 2.24) is 9.38 Å². The third-order valence-corrected chi connectivity index (χ3v) is 3.40. The highest BCUT2D eigenvalue weighted by Gasteiger charge is 2.09. The van der Waals surface area contributed by atoms with Gasteiger partial charge in [-0.15, -0.1) is 0 Å². The molecule has 0 unspecified atom stereocenters. The summed E-state index contributed by atoms with van der Waals surface area (Å²) in [5, 5.41) is 0. The second-order valence-electron chi connectivity index (χ2n) is 5.17. The van der Waals surface area contributed by atoms with Crippen LogP contribution in [0.5, 0.6) is 5.75 Å². The Kier molecular flexibility index (Phi) is 3.80. The molecule has 0 aliphatic heterocycles. The number of aryl methyl sites for hydroxylation is 1. The third-order valence-electron chi connectivity index (χ3n) is 3.40. The first-order valence-corrected chi connectivity index (χ1v) is 7.05. The Morgan fingerprint density at radius 2 is 2.04 bits per heavy atom. The van der Waals surface area contributed by atoms with Gasteiger partial charge >= 0.3 is 0 Å². The summed E-state index contributed by atoms with van der Waals surface area (Å²) in [5.41, 5.74) is 7.47. The van der Waals surface area contributed by atoms with Crippen LogP contribution in [0.3, 0.4) is 0 Å². The van der Waals surface area contributed by atoms with Gasteiger partial charge in [-0.25, -0.2) is 4.98 Å². The zero-order valence-electron chi connectivity index (χ0n) is 12.5. The van der Waals surface area contributed by atoms with Crippen LogP contribution in [-0.2, 0) is 6.61 Å². The van der Waals surface area contributed by atoms with Gasteiger partial charge in [0.25, 0.3) is 11.5 Å². The Morgan fingerprint density at radius 3 is 2.83 bits per heavy atom. The molecule has 0 atom stereocenters. The van der Waals surface area contributed by atoms with Crippen molar-refractivity contribution in [2.45, 2.75) is 13.5 Å². The quantitative estimate of drug-likeness (QED) is 0.794. The zero-order valence-corrected chi connectivity index (χ0v) is 12.5. The van der Waals surface area contributed by atoms with Crippen molar-refractivity contribution in [3.63, 3.8) is 0 Å². The number of pyridine rings is 1. The number of carbonyl (C=O) groups excluding carboxylic acids is 1. The standard InChI is InChI=1S/C17H15N3O3/c1-11-6-7-20-15(8-11)19-12(9-16(20)21)10-23-14-5-3-2-4-13(14)17(18)22/h2-9H,10H2,1H3,(H2,18,22).